The molecule has 2 aromatic rings. The van der Waals surface area contributed by atoms with Crippen LogP contribution in [-0.2, 0) is 13.1 Å². The van der Waals surface area contributed by atoms with Gasteiger partial charge in [-0.3, -0.25) is 0 Å². The smallest absolute Gasteiger partial charge is 0.208 e. The Hall–Kier alpha value is -2.19. The van der Waals surface area contributed by atoms with E-state index in [4.69, 9.17) is 9.68 Å². The van der Waals surface area contributed by atoms with Gasteiger partial charge in [-0.05, 0) is 13.0 Å². The van der Waals surface area contributed by atoms with Crippen LogP contribution >= 0.6 is 0 Å². The fraction of sp³-hybridized carbons (Fsp3) is 0.231. The molecule has 0 saturated heterocycles. The minimum atomic E-state index is -0.476. The van der Waals surface area contributed by atoms with Crippen molar-refractivity contribution in [3.63, 3.8) is 0 Å². The van der Waals surface area contributed by atoms with E-state index < -0.39 is 5.82 Å². The van der Waals surface area contributed by atoms with Crippen LogP contribution in [0.3, 0.4) is 0 Å². The molecular formula is C13H12FN3O. The number of nitrogens with zero attached hydrogens (tertiary/aromatic N) is 2. The number of aryl methyl sites for hydroxylation is 1. The van der Waals surface area contributed by atoms with Gasteiger partial charge in [0.2, 0.25) is 5.89 Å². The number of halogens is 1. The van der Waals surface area contributed by atoms with Crippen LogP contribution in [0.5, 0.6) is 0 Å². The van der Waals surface area contributed by atoms with Crippen molar-refractivity contribution in [2.45, 2.75) is 20.0 Å². The lowest BCUT2D eigenvalue weighted by molar-refractivity contribution is 0.447. The van der Waals surface area contributed by atoms with Gasteiger partial charge in [0.1, 0.15) is 17.6 Å². The number of rotatable bonds is 4. The molecule has 0 spiro atoms. The van der Waals surface area contributed by atoms with Crippen LogP contribution in [0.2, 0.25) is 0 Å². The van der Waals surface area contributed by atoms with Crippen LogP contribution < -0.4 is 5.32 Å². The number of aromatic nitrogens is 1. The van der Waals surface area contributed by atoms with Crippen LogP contribution in [-0.4, -0.2) is 4.98 Å². The van der Waals surface area contributed by atoms with Crippen molar-refractivity contribution in [3.05, 3.63) is 53.0 Å². The van der Waals surface area contributed by atoms with Crippen LogP contribution in [0.15, 0.2) is 28.8 Å². The predicted molar refractivity (Wildman–Crippen MR) is 62.9 cm³/mol. The minimum Gasteiger partial charge on any atom is -0.445 e. The second-order valence-electron chi connectivity index (χ2n) is 3.86. The molecule has 0 amide bonds. The maximum atomic E-state index is 13.7. The second kappa shape index (κ2) is 5.43. The molecule has 0 atom stereocenters. The summed E-state index contributed by atoms with van der Waals surface area (Å²) in [6.45, 7) is 2.55. The van der Waals surface area contributed by atoms with Crippen LogP contribution in [0.25, 0.3) is 0 Å². The summed E-state index contributed by atoms with van der Waals surface area (Å²) in [4.78, 5) is 4.03. The Morgan fingerprint density at radius 2 is 2.28 bits per heavy atom. The van der Waals surface area contributed by atoms with Gasteiger partial charge in [-0.25, -0.2) is 9.37 Å². The van der Waals surface area contributed by atoms with E-state index >= 15 is 0 Å². The highest BCUT2D eigenvalue weighted by Gasteiger charge is 2.07. The van der Waals surface area contributed by atoms with E-state index in [1.54, 1.807) is 18.3 Å². The molecule has 18 heavy (non-hydrogen) atoms. The van der Waals surface area contributed by atoms with Gasteiger partial charge in [-0.1, -0.05) is 12.1 Å². The highest BCUT2D eigenvalue weighted by atomic mass is 19.1. The predicted octanol–water partition coefficient (Wildman–Crippen LogP) is 2.28. The quantitative estimate of drug-likeness (QED) is 0.897. The first-order valence-corrected chi connectivity index (χ1v) is 5.50. The molecule has 0 radical (unpaired) electrons. The summed E-state index contributed by atoms with van der Waals surface area (Å²) in [5, 5.41) is 11.7. The van der Waals surface area contributed by atoms with Gasteiger partial charge in [0, 0.05) is 12.1 Å². The number of hydrogen-bond acceptors (Lipinski definition) is 4. The molecule has 0 aliphatic rings. The lowest BCUT2D eigenvalue weighted by atomic mass is 10.1. The van der Waals surface area contributed by atoms with Crippen molar-refractivity contribution in [2.24, 2.45) is 0 Å². The molecule has 2 rings (SSSR count). The molecule has 0 fully saturated rings. The molecule has 92 valence electrons. The van der Waals surface area contributed by atoms with E-state index in [9.17, 15) is 4.39 Å². The van der Waals surface area contributed by atoms with Crippen molar-refractivity contribution in [2.75, 3.05) is 0 Å². The summed E-state index contributed by atoms with van der Waals surface area (Å²) in [6.07, 6.45) is 1.63. The lowest BCUT2D eigenvalue weighted by Gasteiger charge is -2.04. The summed E-state index contributed by atoms with van der Waals surface area (Å²) < 4.78 is 19.0. The number of nitriles is 1. The van der Waals surface area contributed by atoms with Crippen molar-refractivity contribution in [1.29, 1.82) is 5.26 Å². The first-order chi connectivity index (χ1) is 8.70. The van der Waals surface area contributed by atoms with E-state index in [2.05, 4.69) is 10.3 Å². The highest BCUT2D eigenvalue weighted by molar-refractivity contribution is 5.34. The van der Waals surface area contributed by atoms with Gasteiger partial charge in [-0.2, -0.15) is 5.26 Å². The second-order valence-corrected chi connectivity index (χ2v) is 3.86. The van der Waals surface area contributed by atoms with Gasteiger partial charge in [0.05, 0.1) is 18.3 Å². The molecule has 0 bridgehead atoms. The molecule has 1 N–H and O–H groups in total. The summed E-state index contributed by atoms with van der Waals surface area (Å²) in [7, 11) is 0. The summed E-state index contributed by atoms with van der Waals surface area (Å²) in [6, 6.07) is 6.57. The van der Waals surface area contributed by atoms with Crippen molar-refractivity contribution < 1.29 is 8.81 Å². The molecule has 0 aliphatic carbocycles. The maximum absolute atomic E-state index is 13.7. The number of hydrogen-bond donors (Lipinski definition) is 1. The molecule has 0 unspecified atom stereocenters. The lowest BCUT2D eigenvalue weighted by Crippen LogP contribution is -2.14. The SMILES string of the molecule is Cc1cnc(CNCc2cccc(C#N)c2F)o1. The average molecular weight is 245 g/mol. The van der Waals surface area contributed by atoms with E-state index in [0.717, 1.165) is 5.76 Å². The third-order valence-corrected chi connectivity index (χ3v) is 2.46. The minimum absolute atomic E-state index is 0.0567. The summed E-state index contributed by atoms with van der Waals surface area (Å²) in [5.74, 6) is 0.824. The first-order valence-electron chi connectivity index (χ1n) is 5.50. The first kappa shape index (κ1) is 12.3. The molecular weight excluding hydrogens is 233 g/mol. The van der Waals surface area contributed by atoms with Crippen molar-refractivity contribution in [3.8, 4) is 6.07 Å². The largest absolute Gasteiger partial charge is 0.445 e. The third-order valence-electron chi connectivity index (χ3n) is 2.46. The zero-order valence-corrected chi connectivity index (χ0v) is 9.90. The van der Waals surface area contributed by atoms with Gasteiger partial charge in [0.15, 0.2) is 0 Å². The number of oxazole rings is 1. The fourth-order valence-electron chi connectivity index (χ4n) is 1.59. The van der Waals surface area contributed by atoms with Gasteiger partial charge in [-0.15, -0.1) is 0 Å². The Kier molecular flexibility index (Phi) is 3.70. The van der Waals surface area contributed by atoms with Gasteiger partial charge in [0.25, 0.3) is 0 Å². The van der Waals surface area contributed by atoms with E-state index in [1.165, 1.54) is 6.07 Å². The Bertz CT molecular complexity index is 586. The Labute approximate surface area is 104 Å². The topological polar surface area (TPSA) is 61.9 Å². The average Bonchev–Trinajstić information content (AvgIpc) is 2.77. The molecule has 5 heteroatoms. The molecule has 1 aromatic carbocycles. The van der Waals surface area contributed by atoms with Crippen molar-refractivity contribution >= 4 is 0 Å². The molecule has 0 saturated carbocycles. The fourth-order valence-corrected chi connectivity index (χ4v) is 1.59. The Balaban J connectivity index is 1.97. The number of nitrogens with one attached hydrogen (secondary N) is 1. The third kappa shape index (κ3) is 2.73. The zero-order chi connectivity index (χ0) is 13.0. The highest BCUT2D eigenvalue weighted by Crippen LogP contribution is 2.12. The van der Waals surface area contributed by atoms with Crippen LogP contribution in [0.1, 0.15) is 22.8 Å². The van der Waals surface area contributed by atoms with Gasteiger partial charge >= 0.3 is 0 Å². The van der Waals surface area contributed by atoms with Crippen LogP contribution in [0, 0.1) is 24.1 Å². The Morgan fingerprint density at radius 1 is 1.44 bits per heavy atom. The Morgan fingerprint density at radius 3 is 2.94 bits per heavy atom. The van der Waals surface area contributed by atoms with E-state index in [1.807, 2.05) is 13.0 Å². The zero-order valence-electron chi connectivity index (χ0n) is 9.90. The van der Waals surface area contributed by atoms with Crippen molar-refractivity contribution in [1.82, 2.24) is 10.3 Å². The normalized spacial score (nSPS) is 10.3. The molecule has 1 heterocycles. The maximum Gasteiger partial charge on any atom is 0.208 e. The standard InChI is InChI=1S/C13H12FN3O/c1-9-6-17-12(18-9)8-16-7-11-4-2-3-10(5-15)13(11)14/h2-4,6,16H,7-8H2,1H3. The molecule has 0 aliphatic heterocycles. The molecule has 1 aromatic heterocycles. The van der Waals surface area contributed by atoms with E-state index in [-0.39, 0.29) is 5.56 Å². The van der Waals surface area contributed by atoms with Crippen LogP contribution in [0.4, 0.5) is 4.39 Å². The summed E-state index contributed by atoms with van der Waals surface area (Å²) >= 11 is 0. The molecule has 4 nitrogen and oxygen atoms in total. The number of benzene rings is 1. The summed E-state index contributed by atoms with van der Waals surface area (Å²) in [5.41, 5.74) is 0.513. The van der Waals surface area contributed by atoms with Gasteiger partial charge < -0.3 is 9.73 Å². The monoisotopic (exact) mass is 245 g/mol. The van der Waals surface area contributed by atoms with E-state index in [0.29, 0.717) is 24.5 Å².